The molecule has 1 heterocycles. The fourth-order valence-corrected chi connectivity index (χ4v) is 5.57. The zero-order valence-electron chi connectivity index (χ0n) is 31.3. The van der Waals surface area contributed by atoms with E-state index >= 15 is 0 Å². The maximum absolute atomic E-state index is 13.6. The molecule has 12 nitrogen and oxygen atoms in total. The molecular weight excluding hydrogens is 614 g/mol. The summed E-state index contributed by atoms with van der Waals surface area (Å²) < 4.78 is 10.9. The molecule has 2 rings (SSSR count). The van der Waals surface area contributed by atoms with Crippen LogP contribution in [0.3, 0.4) is 0 Å². The summed E-state index contributed by atoms with van der Waals surface area (Å²) in [6, 6.07) is -1.64. The van der Waals surface area contributed by atoms with Crippen LogP contribution >= 0.6 is 0 Å². The van der Waals surface area contributed by atoms with Gasteiger partial charge in [0.25, 0.3) is 0 Å². The lowest BCUT2D eigenvalue weighted by Gasteiger charge is -2.28. The normalized spacial score (nSPS) is 18.2. The minimum Gasteiger partial charge on any atom is -0.462 e. The van der Waals surface area contributed by atoms with Crippen molar-refractivity contribution in [3.05, 3.63) is 0 Å². The molecule has 5 N–H and O–H groups in total. The van der Waals surface area contributed by atoms with Gasteiger partial charge in [-0.25, -0.2) is 0 Å². The summed E-state index contributed by atoms with van der Waals surface area (Å²) in [5, 5.41) is 8.06. The van der Waals surface area contributed by atoms with Crippen molar-refractivity contribution in [2.24, 2.45) is 11.7 Å². The van der Waals surface area contributed by atoms with Crippen molar-refractivity contribution in [3.8, 4) is 0 Å². The second-order valence-electron chi connectivity index (χ2n) is 12.8. The number of carbonyl (C=O) groups is 5. The van der Waals surface area contributed by atoms with Gasteiger partial charge in [-0.15, -0.1) is 0 Å². The zero-order chi connectivity index (χ0) is 36.4. The number of carbonyl (C=O) groups excluding carboxylic acids is 5. The van der Waals surface area contributed by atoms with Crippen LogP contribution in [-0.4, -0.2) is 98.0 Å². The summed E-state index contributed by atoms with van der Waals surface area (Å²) in [6.07, 6.45) is 11.4. The molecule has 3 amide bonds. The maximum atomic E-state index is 13.6. The molecule has 1 aliphatic carbocycles. The molecule has 0 aromatic heterocycles. The van der Waals surface area contributed by atoms with Gasteiger partial charge >= 0.3 is 5.97 Å². The number of nitrogens with two attached hydrogens (primary N) is 1. The van der Waals surface area contributed by atoms with Crippen molar-refractivity contribution < 1.29 is 33.4 Å². The number of hydrogen-bond donors (Lipinski definition) is 4. The fourth-order valence-electron chi connectivity index (χ4n) is 5.57. The van der Waals surface area contributed by atoms with Gasteiger partial charge < -0.3 is 31.2 Å². The quantitative estimate of drug-likeness (QED) is 0.0747. The second-order valence-corrected chi connectivity index (χ2v) is 12.8. The molecule has 0 radical (unpaired) electrons. The lowest BCUT2D eigenvalue weighted by molar-refractivity contribution is -0.148. The van der Waals surface area contributed by atoms with Gasteiger partial charge in [-0.05, 0) is 64.6 Å². The number of epoxide rings is 1. The smallest absolute Gasteiger partial charge is 0.305 e. The molecular formula is C36H69N5O7. The van der Waals surface area contributed by atoms with E-state index in [2.05, 4.69) is 43.6 Å². The van der Waals surface area contributed by atoms with Gasteiger partial charge in [0.1, 0.15) is 12.6 Å². The first-order valence-corrected chi connectivity index (χ1v) is 18.7. The Labute approximate surface area is 290 Å². The maximum Gasteiger partial charge on any atom is 0.305 e. The number of hydrogen-bond acceptors (Lipinski definition) is 9. The SMILES string of the molecule is CC.CCC.CCCN(CCC)CC(=O)N[C@@H](C)C(=O)NCC(=O)N[C@@H](CC1CCCCC1)C(=O)[C@@]1(COC(=O)CCCCCN)CO1. The van der Waals surface area contributed by atoms with E-state index in [9.17, 15) is 24.0 Å². The topological polar surface area (TPSA) is 172 Å². The monoisotopic (exact) mass is 684 g/mol. The number of esters is 1. The predicted octanol–water partition coefficient (Wildman–Crippen LogP) is 4.03. The number of nitrogens with zero attached hydrogens (tertiary/aromatic N) is 1. The van der Waals surface area contributed by atoms with Crippen LogP contribution in [0.5, 0.6) is 0 Å². The first-order chi connectivity index (χ1) is 23.0. The summed E-state index contributed by atoms with van der Waals surface area (Å²) >= 11 is 0. The van der Waals surface area contributed by atoms with Crippen molar-refractivity contribution in [1.82, 2.24) is 20.9 Å². The number of amides is 3. The van der Waals surface area contributed by atoms with E-state index in [1.807, 2.05) is 18.7 Å². The van der Waals surface area contributed by atoms with Gasteiger partial charge in [-0.3, -0.25) is 28.9 Å². The van der Waals surface area contributed by atoms with Crippen molar-refractivity contribution in [2.75, 3.05) is 45.9 Å². The molecule has 1 aliphatic heterocycles. The highest BCUT2D eigenvalue weighted by atomic mass is 16.6. The Hall–Kier alpha value is -2.57. The van der Waals surface area contributed by atoms with E-state index in [0.29, 0.717) is 19.4 Å². The number of rotatable bonds is 22. The zero-order valence-corrected chi connectivity index (χ0v) is 31.3. The average molecular weight is 684 g/mol. The van der Waals surface area contributed by atoms with Gasteiger partial charge in [0.05, 0.1) is 25.7 Å². The molecule has 0 unspecified atom stereocenters. The molecule has 1 saturated carbocycles. The first kappa shape index (κ1) is 45.4. The van der Waals surface area contributed by atoms with E-state index in [4.69, 9.17) is 15.2 Å². The Bertz CT molecular complexity index is 916. The molecule has 12 heteroatoms. The van der Waals surface area contributed by atoms with Gasteiger partial charge in [-0.2, -0.15) is 0 Å². The van der Waals surface area contributed by atoms with Crippen LogP contribution in [0, 0.1) is 5.92 Å². The van der Waals surface area contributed by atoms with Crippen LogP contribution < -0.4 is 21.7 Å². The highest BCUT2D eigenvalue weighted by Gasteiger charge is 2.55. The summed E-state index contributed by atoms with van der Waals surface area (Å²) in [5.41, 5.74) is 4.25. The molecule has 2 aliphatic rings. The van der Waals surface area contributed by atoms with Crippen LogP contribution in [0.2, 0.25) is 0 Å². The standard InChI is InChI=1S/C31H55N5O7.C3H8.C2H6/c1-4-16-36(17-5-2)20-27(38)34-23(3)30(41)33-19-26(37)35-25(18-24-12-8-6-9-13-24)29(40)31(22-43-31)21-42-28(39)14-10-7-11-15-32;1-3-2;1-2/h23-25H,4-22,32H2,1-3H3,(H,33,41)(H,34,38)(H,35,37);3H2,1-2H3;1-2H3/t23-,25-,31+;;/m0../s1. The Balaban J connectivity index is 0.00000417. The molecule has 3 atom stereocenters. The molecule has 0 spiro atoms. The Morgan fingerprint density at radius 2 is 1.52 bits per heavy atom. The molecule has 48 heavy (non-hydrogen) atoms. The van der Waals surface area contributed by atoms with Gasteiger partial charge in [0.15, 0.2) is 11.4 Å². The van der Waals surface area contributed by atoms with Crippen LogP contribution in [0.25, 0.3) is 0 Å². The average Bonchev–Trinajstić information content (AvgIpc) is 3.87. The number of unbranched alkanes of at least 4 members (excludes halogenated alkanes) is 2. The fraction of sp³-hybridized carbons (Fsp3) is 0.861. The van der Waals surface area contributed by atoms with Crippen molar-refractivity contribution >= 4 is 29.5 Å². The Morgan fingerprint density at radius 1 is 0.917 bits per heavy atom. The summed E-state index contributed by atoms with van der Waals surface area (Å²) in [5.74, 6) is -1.66. The molecule has 2 fully saturated rings. The highest BCUT2D eigenvalue weighted by Crippen LogP contribution is 2.34. The van der Waals surface area contributed by atoms with E-state index in [0.717, 1.165) is 70.9 Å². The van der Waals surface area contributed by atoms with Gasteiger partial charge in [-0.1, -0.05) is 86.5 Å². The Kier molecular flexibility index (Phi) is 25.8. The summed E-state index contributed by atoms with van der Waals surface area (Å²) in [6.45, 7) is 15.9. The second kappa shape index (κ2) is 27.3. The largest absolute Gasteiger partial charge is 0.462 e. The Morgan fingerprint density at radius 3 is 2.06 bits per heavy atom. The predicted molar refractivity (Wildman–Crippen MR) is 190 cm³/mol. The third kappa shape index (κ3) is 19.4. The third-order valence-corrected chi connectivity index (χ3v) is 8.08. The van der Waals surface area contributed by atoms with E-state index in [1.165, 1.54) is 6.42 Å². The molecule has 280 valence electrons. The van der Waals surface area contributed by atoms with Crippen molar-refractivity contribution in [3.63, 3.8) is 0 Å². The lowest BCUT2D eigenvalue weighted by Crippen LogP contribution is -2.53. The van der Waals surface area contributed by atoms with Crippen LogP contribution in [-0.2, 0) is 33.4 Å². The van der Waals surface area contributed by atoms with Gasteiger partial charge in [0, 0.05) is 6.42 Å². The number of ketones is 1. The first-order valence-electron chi connectivity index (χ1n) is 18.7. The number of Topliss-reactive ketones (excluding diaryl/α,β-unsaturated/α-hetero) is 1. The van der Waals surface area contributed by atoms with Crippen molar-refractivity contribution in [2.45, 2.75) is 150 Å². The molecule has 1 saturated heterocycles. The molecule has 0 aromatic rings. The van der Waals surface area contributed by atoms with Gasteiger partial charge in [0.2, 0.25) is 17.7 Å². The van der Waals surface area contributed by atoms with E-state index in [1.54, 1.807) is 6.92 Å². The van der Waals surface area contributed by atoms with Crippen LogP contribution in [0.4, 0.5) is 0 Å². The van der Waals surface area contributed by atoms with Crippen molar-refractivity contribution in [1.29, 1.82) is 0 Å². The van der Waals surface area contributed by atoms with E-state index < -0.39 is 29.5 Å². The minimum absolute atomic E-state index is 0.130. The number of ether oxygens (including phenoxy) is 2. The van der Waals surface area contributed by atoms with Crippen LogP contribution in [0.15, 0.2) is 0 Å². The highest BCUT2D eigenvalue weighted by molar-refractivity contribution is 5.98. The van der Waals surface area contributed by atoms with Crippen LogP contribution in [0.1, 0.15) is 132 Å². The third-order valence-electron chi connectivity index (χ3n) is 8.08. The lowest BCUT2D eigenvalue weighted by atomic mass is 9.82. The summed E-state index contributed by atoms with van der Waals surface area (Å²) in [4.78, 5) is 65.8. The molecule has 0 bridgehead atoms. The van der Waals surface area contributed by atoms with E-state index in [-0.39, 0.29) is 56.3 Å². The number of nitrogens with one attached hydrogen (secondary N) is 3. The minimum atomic E-state index is -1.25. The summed E-state index contributed by atoms with van der Waals surface area (Å²) in [7, 11) is 0. The molecule has 0 aromatic carbocycles.